The molecule has 98 valence electrons. The number of carbonyl (C=O) groups is 1. The number of hydrogen-bond acceptors (Lipinski definition) is 3. The first-order valence-electron chi connectivity index (χ1n) is 5.64. The summed E-state index contributed by atoms with van der Waals surface area (Å²) in [5.41, 5.74) is 6.76. The minimum absolute atomic E-state index is 0.0599. The van der Waals surface area contributed by atoms with Crippen LogP contribution in [0.2, 0.25) is 0 Å². The van der Waals surface area contributed by atoms with E-state index in [4.69, 9.17) is 5.73 Å². The summed E-state index contributed by atoms with van der Waals surface area (Å²) >= 11 is 0. The predicted molar refractivity (Wildman–Crippen MR) is 71.6 cm³/mol. The lowest BCUT2D eigenvalue weighted by Gasteiger charge is -2.10. The van der Waals surface area contributed by atoms with E-state index in [2.05, 4.69) is 5.32 Å². The fourth-order valence-electron chi connectivity index (χ4n) is 1.67. The molecule has 0 heterocycles. The Balaban J connectivity index is 2.31. The van der Waals surface area contributed by atoms with Gasteiger partial charge < -0.3 is 16.2 Å². The Labute approximate surface area is 109 Å². The third-order valence-electron chi connectivity index (χ3n) is 2.80. The van der Waals surface area contributed by atoms with Gasteiger partial charge in [-0.05, 0) is 37.3 Å². The molecule has 0 aliphatic heterocycles. The third kappa shape index (κ3) is 2.65. The van der Waals surface area contributed by atoms with Gasteiger partial charge in [-0.3, -0.25) is 4.79 Å². The lowest BCUT2D eigenvalue weighted by Crippen LogP contribution is -2.15. The fraction of sp³-hybridized carbons (Fsp3) is 0.0714. The average Bonchev–Trinajstić information content (AvgIpc) is 2.38. The van der Waals surface area contributed by atoms with Crippen LogP contribution in [0.5, 0.6) is 5.75 Å². The SMILES string of the molecule is Cc1c(F)cccc1NC(=O)c1cc(O)ccc1N. The molecule has 2 rings (SSSR count). The number of aromatic hydroxyl groups is 1. The topological polar surface area (TPSA) is 75.3 Å². The van der Waals surface area contributed by atoms with E-state index in [1.807, 2.05) is 0 Å². The number of anilines is 2. The normalized spacial score (nSPS) is 10.2. The molecule has 0 aliphatic rings. The molecule has 0 aliphatic carbocycles. The number of benzene rings is 2. The smallest absolute Gasteiger partial charge is 0.257 e. The van der Waals surface area contributed by atoms with Crippen molar-refractivity contribution in [3.8, 4) is 5.75 Å². The highest BCUT2D eigenvalue weighted by Crippen LogP contribution is 2.22. The number of halogens is 1. The van der Waals surface area contributed by atoms with Crippen LogP contribution in [0.15, 0.2) is 36.4 Å². The second-order valence-electron chi connectivity index (χ2n) is 4.14. The van der Waals surface area contributed by atoms with Gasteiger partial charge in [0.2, 0.25) is 0 Å². The summed E-state index contributed by atoms with van der Waals surface area (Å²) in [4.78, 5) is 12.0. The first-order valence-corrected chi connectivity index (χ1v) is 5.64. The molecular formula is C14H13FN2O2. The molecule has 0 radical (unpaired) electrons. The van der Waals surface area contributed by atoms with Gasteiger partial charge in [-0.1, -0.05) is 6.07 Å². The molecule has 0 atom stereocenters. The maximum absolute atomic E-state index is 13.4. The van der Waals surface area contributed by atoms with Gasteiger partial charge in [-0.2, -0.15) is 0 Å². The van der Waals surface area contributed by atoms with Gasteiger partial charge in [-0.25, -0.2) is 4.39 Å². The molecule has 0 saturated heterocycles. The molecule has 4 N–H and O–H groups in total. The molecule has 0 spiro atoms. The Hall–Kier alpha value is -2.56. The van der Waals surface area contributed by atoms with Crippen molar-refractivity contribution in [3.63, 3.8) is 0 Å². The van der Waals surface area contributed by atoms with E-state index in [-0.39, 0.29) is 17.0 Å². The van der Waals surface area contributed by atoms with Crippen molar-refractivity contribution < 1.29 is 14.3 Å². The summed E-state index contributed by atoms with van der Waals surface area (Å²) in [5, 5.41) is 11.9. The highest BCUT2D eigenvalue weighted by Gasteiger charge is 2.13. The van der Waals surface area contributed by atoms with Crippen molar-refractivity contribution in [2.24, 2.45) is 0 Å². The van der Waals surface area contributed by atoms with E-state index in [9.17, 15) is 14.3 Å². The number of nitrogen functional groups attached to an aromatic ring is 1. The van der Waals surface area contributed by atoms with Gasteiger partial charge >= 0.3 is 0 Å². The molecule has 0 unspecified atom stereocenters. The number of carbonyl (C=O) groups excluding carboxylic acids is 1. The van der Waals surface area contributed by atoms with E-state index in [0.29, 0.717) is 11.3 Å². The Morgan fingerprint density at radius 3 is 2.79 bits per heavy atom. The molecule has 19 heavy (non-hydrogen) atoms. The second kappa shape index (κ2) is 4.97. The first-order chi connectivity index (χ1) is 8.99. The number of amides is 1. The number of rotatable bonds is 2. The minimum atomic E-state index is -0.498. The van der Waals surface area contributed by atoms with Crippen molar-refractivity contribution in [2.75, 3.05) is 11.1 Å². The first kappa shape index (κ1) is 12.9. The van der Waals surface area contributed by atoms with Crippen LogP contribution >= 0.6 is 0 Å². The van der Waals surface area contributed by atoms with Gasteiger partial charge in [0.1, 0.15) is 11.6 Å². The van der Waals surface area contributed by atoms with E-state index < -0.39 is 11.7 Å². The van der Waals surface area contributed by atoms with Gasteiger partial charge in [0.15, 0.2) is 0 Å². The highest BCUT2D eigenvalue weighted by atomic mass is 19.1. The minimum Gasteiger partial charge on any atom is -0.508 e. The fourth-order valence-corrected chi connectivity index (χ4v) is 1.67. The van der Waals surface area contributed by atoms with Crippen LogP contribution in [0.3, 0.4) is 0 Å². The molecule has 0 fully saturated rings. The number of nitrogens with one attached hydrogen (secondary N) is 1. The largest absolute Gasteiger partial charge is 0.508 e. The summed E-state index contributed by atoms with van der Waals surface area (Å²) in [6, 6.07) is 8.49. The Morgan fingerprint density at radius 1 is 1.32 bits per heavy atom. The molecule has 0 saturated carbocycles. The van der Waals surface area contributed by atoms with Gasteiger partial charge in [0.05, 0.1) is 5.56 Å². The summed E-state index contributed by atoms with van der Waals surface area (Å²) in [6.45, 7) is 1.57. The summed E-state index contributed by atoms with van der Waals surface area (Å²) in [6.07, 6.45) is 0. The van der Waals surface area contributed by atoms with Crippen LogP contribution in [-0.4, -0.2) is 11.0 Å². The van der Waals surface area contributed by atoms with E-state index in [1.165, 1.54) is 30.3 Å². The molecule has 0 bridgehead atoms. The van der Waals surface area contributed by atoms with E-state index in [0.717, 1.165) is 0 Å². The quantitative estimate of drug-likeness (QED) is 0.574. The van der Waals surface area contributed by atoms with Crippen molar-refractivity contribution in [1.29, 1.82) is 0 Å². The Kier molecular flexibility index (Phi) is 3.37. The summed E-state index contributed by atoms with van der Waals surface area (Å²) < 4.78 is 13.4. The summed E-state index contributed by atoms with van der Waals surface area (Å²) in [5.74, 6) is -0.959. The van der Waals surface area contributed by atoms with Crippen molar-refractivity contribution in [3.05, 3.63) is 53.3 Å². The van der Waals surface area contributed by atoms with Gasteiger partial charge in [-0.15, -0.1) is 0 Å². The van der Waals surface area contributed by atoms with Crippen LogP contribution in [-0.2, 0) is 0 Å². The molecular weight excluding hydrogens is 247 g/mol. The predicted octanol–water partition coefficient (Wildman–Crippen LogP) is 2.67. The van der Waals surface area contributed by atoms with Crippen LogP contribution in [0.1, 0.15) is 15.9 Å². The molecule has 2 aromatic rings. The zero-order chi connectivity index (χ0) is 14.0. The van der Waals surface area contributed by atoms with E-state index in [1.54, 1.807) is 13.0 Å². The second-order valence-corrected chi connectivity index (χ2v) is 4.14. The number of phenolic OH excluding ortho intramolecular Hbond substituents is 1. The van der Waals surface area contributed by atoms with Crippen molar-refractivity contribution in [1.82, 2.24) is 0 Å². The standard InChI is InChI=1S/C14H13FN2O2/c1-8-11(15)3-2-4-13(8)17-14(19)10-7-9(18)5-6-12(10)16/h2-7,18H,16H2,1H3,(H,17,19). The van der Waals surface area contributed by atoms with Gasteiger partial charge in [0.25, 0.3) is 5.91 Å². The highest BCUT2D eigenvalue weighted by molar-refractivity contribution is 6.08. The third-order valence-corrected chi connectivity index (χ3v) is 2.80. The summed E-state index contributed by atoms with van der Waals surface area (Å²) in [7, 11) is 0. The molecule has 1 amide bonds. The average molecular weight is 260 g/mol. The van der Waals surface area contributed by atoms with E-state index >= 15 is 0 Å². The number of hydrogen-bond donors (Lipinski definition) is 3. The van der Waals surface area contributed by atoms with Crippen LogP contribution in [0.4, 0.5) is 15.8 Å². The monoisotopic (exact) mass is 260 g/mol. The van der Waals surface area contributed by atoms with Crippen LogP contribution in [0, 0.1) is 12.7 Å². The maximum atomic E-state index is 13.4. The lowest BCUT2D eigenvalue weighted by molar-refractivity contribution is 0.102. The van der Waals surface area contributed by atoms with Crippen LogP contribution in [0.25, 0.3) is 0 Å². The van der Waals surface area contributed by atoms with Crippen LogP contribution < -0.4 is 11.1 Å². The lowest BCUT2D eigenvalue weighted by atomic mass is 10.1. The van der Waals surface area contributed by atoms with Gasteiger partial charge in [0, 0.05) is 16.9 Å². The molecule has 4 nitrogen and oxygen atoms in total. The molecule has 0 aromatic heterocycles. The van der Waals surface area contributed by atoms with Crippen molar-refractivity contribution in [2.45, 2.75) is 6.92 Å². The molecule has 5 heteroatoms. The number of phenols is 1. The zero-order valence-corrected chi connectivity index (χ0v) is 10.3. The zero-order valence-electron chi connectivity index (χ0n) is 10.3. The number of nitrogens with two attached hydrogens (primary N) is 1. The Bertz CT molecular complexity index is 641. The maximum Gasteiger partial charge on any atom is 0.257 e. The van der Waals surface area contributed by atoms with Crippen molar-refractivity contribution >= 4 is 17.3 Å². The molecule has 2 aromatic carbocycles. The Morgan fingerprint density at radius 2 is 2.05 bits per heavy atom.